The maximum atomic E-state index is 11.5. The maximum Gasteiger partial charge on any atom is 0.308 e. The van der Waals surface area contributed by atoms with Crippen LogP contribution in [0.5, 0.6) is 0 Å². The van der Waals surface area contributed by atoms with Gasteiger partial charge < -0.3 is 38.3 Å². The molecule has 0 rings (SSSR count). The molecule has 14 nitrogen and oxygen atoms in total. The van der Waals surface area contributed by atoms with Gasteiger partial charge in [0.1, 0.15) is 11.6 Å². The summed E-state index contributed by atoms with van der Waals surface area (Å²) < 4.78 is 0. The highest BCUT2D eigenvalue weighted by molar-refractivity contribution is 6.62. The van der Waals surface area contributed by atoms with Crippen LogP contribution in [0.4, 0.5) is 0 Å². The van der Waals surface area contributed by atoms with Crippen LogP contribution in [0, 0.1) is 10.8 Å². The number of rotatable bonds is 6. The van der Waals surface area contributed by atoms with Gasteiger partial charge in [-0.2, -0.15) is 0 Å². The molecule has 48 heavy (non-hydrogen) atoms. The number of carboxylic acids is 1. The van der Waals surface area contributed by atoms with Crippen molar-refractivity contribution < 1.29 is 38.7 Å². The van der Waals surface area contributed by atoms with Gasteiger partial charge in [0.25, 0.3) is 0 Å². The van der Waals surface area contributed by atoms with E-state index in [9.17, 15) is 33.6 Å². The molecule has 10 N–H and O–H groups in total. The van der Waals surface area contributed by atoms with Gasteiger partial charge in [0.15, 0.2) is 0 Å². The van der Waals surface area contributed by atoms with Crippen LogP contribution in [0.15, 0.2) is 0 Å². The van der Waals surface area contributed by atoms with E-state index >= 15 is 0 Å². The molecule has 0 aliphatic rings. The van der Waals surface area contributed by atoms with E-state index < -0.39 is 46.2 Å². The molecule has 0 saturated heterocycles. The molecule has 0 fully saturated rings. The van der Waals surface area contributed by atoms with Crippen molar-refractivity contribution in [2.45, 2.75) is 161 Å². The quantitative estimate of drug-likeness (QED) is 0.196. The molecule has 5 amide bonds. The molecule has 2 unspecified atom stereocenters. The molecule has 15 heteroatoms. The minimum atomic E-state index is -0.837. The van der Waals surface area contributed by atoms with E-state index in [2.05, 4.69) is 61.0 Å². The summed E-state index contributed by atoms with van der Waals surface area (Å²) >= 11 is 4.64. The molecule has 0 aliphatic heterocycles. The van der Waals surface area contributed by atoms with Crippen molar-refractivity contribution in [3.05, 3.63) is 0 Å². The van der Waals surface area contributed by atoms with E-state index in [4.69, 9.17) is 16.6 Å². The van der Waals surface area contributed by atoms with E-state index in [1.165, 1.54) is 26.7 Å². The number of carbonyl (C=O) groups is 7. The Morgan fingerprint density at radius 3 is 1.08 bits per heavy atom. The molecule has 0 spiro atoms. The highest BCUT2D eigenvalue weighted by atomic mass is 35.5. The fraction of sp³-hybridized carbons (Fsp3) is 0.788. The molecule has 288 valence electrons. The second-order valence-electron chi connectivity index (χ2n) is 13.4. The molecule has 0 aromatic heterocycles. The van der Waals surface area contributed by atoms with Crippen molar-refractivity contribution in [1.29, 1.82) is 0 Å². The predicted octanol–water partition coefficient (Wildman–Crippen LogP) is 3.99. The minimum Gasteiger partial charge on any atom is -0.481 e. The summed E-state index contributed by atoms with van der Waals surface area (Å²) in [5.41, 5.74) is 12.7. The summed E-state index contributed by atoms with van der Waals surface area (Å²) in [5, 5.41) is 15.7. The Morgan fingerprint density at radius 2 is 0.938 bits per heavy atom. The van der Waals surface area contributed by atoms with Crippen LogP contribution in [0.2, 0.25) is 0 Å². The first-order valence-corrected chi connectivity index (χ1v) is 16.2. The van der Waals surface area contributed by atoms with Gasteiger partial charge >= 0.3 is 5.97 Å². The van der Waals surface area contributed by atoms with E-state index in [0.29, 0.717) is 0 Å². The summed E-state index contributed by atoms with van der Waals surface area (Å²) in [7, 11) is 0. The summed E-state index contributed by atoms with van der Waals surface area (Å²) in [5.74, 6) is -2.29. The third-order valence-corrected chi connectivity index (χ3v) is 4.02. The lowest BCUT2D eigenvalue weighted by atomic mass is 9.95. The van der Waals surface area contributed by atoms with Crippen LogP contribution in [0.25, 0.3) is 0 Å². The fourth-order valence-electron chi connectivity index (χ4n) is 1.42. The summed E-state index contributed by atoms with van der Waals surface area (Å²) in [6.45, 7) is 31.7. The third-order valence-electron chi connectivity index (χ3n) is 4.02. The summed E-state index contributed by atoms with van der Waals surface area (Å²) in [6.07, 6.45) is 2.50. The number of carbonyl (C=O) groups excluding carboxylic acids is 6. The van der Waals surface area contributed by atoms with Gasteiger partial charge in [0.2, 0.25) is 34.8 Å². The average Bonchev–Trinajstić information content (AvgIpc) is 2.83. The highest BCUT2D eigenvalue weighted by Gasteiger charge is 2.28. The monoisotopic (exact) mass is 715 g/mol. The van der Waals surface area contributed by atoms with Crippen molar-refractivity contribution in [1.82, 2.24) is 16.0 Å². The smallest absolute Gasteiger partial charge is 0.308 e. The van der Waals surface area contributed by atoms with Crippen molar-refractivity contribution in [2.75, 3.05) is 0 Å². The number of primary amides is 2. The normalized spacial score (nSPS) is 11.1. The van der Waals surface area contributed by atoms with Crippen molar-refractivity contribution >= 4 is 52.3 Å². The Hall–Kier alpha value is -3.26. The molecular weight excluding hydrogens is 644 g/mol. The fourth-order valence-corrected chi connectivity index (χ4v) is 1.42. The molecule has 2 atom stereocenters. The van der Waals surface area contributed by atoms with Crippen LogP contribution in [-0.4, -0.2) is 69.5 Å². The van der Waals surface area contributed by atoms with Gasteiger partial charge in [0.05, 0.1) is 11.5 Å². The second kappa shape index (κ2) is 32.3. The standard InChI is InChI=1S/C9H18N2O2.C8H16N2O2.C5H10O2.C3H8N2O.2C3H8.C2H3ClO/c1-6(2)10-8(13)9(4,5)11-7(3)12;1-5(6(9)11)10-7(12)8(2,3)4;1-5(2,3)4(6)7;1-2(4)3(5)6;2*1-3-2;1-2(3)4/h6H,1-5H3,(H,10,13)(H,11,12);5H,1-4H3,(H2,9,11)(H,10,12);1-3H3,(H,6,7);2H,4H2,1H3,(H2,5,6);2*3H2,1-2H3;1H3. The van der Waals surface area contributed by atoms with Gasteiger partial charge in [-0.25, -0.2) is 0 Å². The Balaban J connectivity index is -0.0000000878. The third kappa shape index (κ3) is 58.3. The van der Waals surface area contributed by atoms with E-state index in [1.807, 2.05) is 13.8 Å². The largest absolute Gasteiger partial charge is 0.481 e. The summed E-state index contributed by atoms with van der Waals surface area (Å²) in [4.78, 5) is 73.1. The number of hydrogen-bond acceptors (Lipinski definition) is 8. The Labute approximate surface area is 295 Å². The molecule has 0 saturated carbocycles. The molecule has 0 aromatic carbocycles. The van der Waals surface area contributed by atoms with E-state index in [-0.39, 0.29) is 29.0 Å². The number of aliphatic carboxylic acids is 1. The van der Waals surface area contributed by atoms with Crippen molar-refractivity contribution in [3.63, 3.8) is 0 Å². The van der Waals surface area contributed by atoms with E-state index in [1.54, 1.807) is 69.2 Å². The molecular formula is C33H71ClN6O8. The molecule has 0 radical (unpaired) electrons. The lowest BCUT2D eigenvalue weighted by Gasteiger charge is -2.25. The first kappa shape index (κ1) is 60.1. The molecule has 0 bridgehead atoms. The Morgan fingerprint density at radius 1 is 0.667 bits per heavy atom. The van der Waals surface area contributed by atoms with E-state index in [0.717, 1.165) is 0 Å². The van der Waals surface area contributed by atoms with Crippen LogP contribution >= 0.6 is 11.6 Å². The lowest BCUT2D eigenvalue weighted by molar-refractivity contribution is -0.145. The predicted molar refractivity (Wildman–Crippen MR) is 196 cm³/mol. The van der Waals surface area contributed by atoms with Gasteiger partial charge in [-0.3, -0.25) is 33.6 Å². The number of nitrogens with one attached hydrogen (secondary N) is 3. The molecule has 0 aliphatic carbocycles. The van der Waals surface area contributed by atoms with Crippen LogP contribution in [-0.2, 0) is 33.6 Å². The van der Waals surface area contributed by atoms with Crippen LogP contribution in [0.1, 0.15) is 137 Å². The molecule has 0 heterocycles. The zero-order valence-electron chi connectivity index (χ0n) is 33.1. The van der Waals surface area contributed by atoms with Crippen LogP contribution in [0.3, 0.4) is 0 Å². The number of amides is 5. The van der Waals surface area contributed by atoms with Gasteiger partial charge in [0, 0.05) is 25.3 Å². The van der Waals surface area contributed by atoms with Gasteiger partial charge in [-0.15, -0.1) is 0 Å². The highest BCUT2D eigenvalue weighted by Crippen LogP contribution is 2.12. The first-order chi connectivity index (χ1) is 21.1. The zero-order valence-corrected chi connectivity index (χ0v) is 33.8. The number of halogens is 1. The van der Waals surface area contributed by atoms with Crippen molar-refractivity contribution in [2.24, 2.45) is 28.0 Å². The van der Waals surface area contributed by atoms with Gasteiger partial charge in [-0.1, -0.05) is 61.3 Å². The molecule has 0 aromatic rings. The Kier molecular flexibility index (Phi) is 40.4. The van der Waals surface area contributed by atoms with Crippen LogP contribution < -0.4 is 33.2 Å². The SMILES string of the molecule is CC(=O)Cl.CC(=O)NC(C)(C)C(=O)NC(C)C.CC(C)(C)C(=O)O.CC(N)C(N)=O.CC(NC(=O)C(C)(C)C)C(N)=O.CCC.CCC. The average molecular weight is 715 g/mol. The van der Waals surface area contributed by atoms with Gasteiger partial charge in [-0.05, 0) is 73.9 Å². The van der Waals surface area contributed by atoms with Crippen molar-refractivity contribution in [3.8, 4) is 0 Å². The first-order valence-electron chi connectivity index (χ1n) is 15.8. The number of hydrogen-bond donors (Lipinski definition) is 7. The summed E-state index contributed by atoms with van der Waals surface area (Å²) in [6, 6.07) is -1.03. The lowest BCUT2D eigenvalue weighted by Crippen LogP contribution is -2.55. The Bertz CT molecular complexity index is 920. The number of nitrogens with two attached hydrogens (primary N) is 3. The number of carboxylic acid groups (broad SMARTS) is 1. The minimum absolute atomic E-state index is 0.0838. The second-order valence-corrected chi connectivity index (χ2v) is 13.9. The topological polar surface area (TPSA) is 254 Å². The zero-order chi connectivity index (χ0) is 40.8. The maximum absolute atomic E-state index is 11.5.